The van der Waals surface area contributed by atoms with Gasteiger partial charge in [-0.1, -0.05) is 6.07 Å². The monoisotopic (exact) mass is 293 g/mol. The van der Waals surface area contributed by atoms with Crippen LogP contribution in [0.25, 0.3) is 0 Å². The van der Waals surface area contributed by atoms with Gasteiger partial charge in [-0.25, -0.2) is 0 Å². The van der Waals surface area contributed by atoms with Crippen LogP contribution in [0.3, 0.4) is 0 Å². The average molecular weight is 293 g/mol. The van der Waals surface area contributed by atoms with E-state index in [4.69, 9.17) is 9.84 Å². The van der Waals surface area contributed by atoms with Crippen molar-refractivity contribution in [3.63, 3.8) is 0 Å². The Balaban J connectivity index is 2.28. The smallest absolute Gasteiger partial charge is 0.303 e. The van der Waals surface area contributed by atoms with E-state index in [-0.39, 0.29) is 24.8 Å². The number of rotatable bonds is 8. The summed E-state index contributed by atoms with van der Waals surface area (Å²) in [4.78, 5) is 22.1. The second-order valence-electron chi connectivity index (χ2n) is 5.32. The molecule has 1 aromatic rings. The molecule has 0 saturated carbocycles. The van der Waals surface area contributed by atoms with Crippen molar-refractivity contribution in [3.05, 3.63) is 29.3 Å². The predicted molar refractivity (Wildman–Crippen MR) is 80.5 cm³/mol. The summed E-state index contributed by atoms with van der Waals surface area (Å²) in [6, 6.07) is 5.78. The fraction of sp³-hybridized carbons (Fsp3) is 0.500. The highest BCUT2D eigenvalue weighted by molar-refractivity contribution is 5.76. The van der Waals surface area contributed by atoms with E-state index in [2.05, 4.69) is 11.4 Å². The van der Waals surface area contributed by atoms with Crippen molar-refractivity contribution in [1.29, 1.82) is 0 Å². The van der Waals surface area contributed by atoms with Crippen LogP contribution in [0.2, 0.25) is 0 Å². The Morgan fingerprint density at radius 1 is 1.19 bits per heavy atom. The Bertz CT molecular complexity index is 479. The molecule has 1 amide bonds. The van der Waals surface area contributed by atoms with Crippen LogP contribution in [0.4, 0.5) is 0 Å². The SMILES string of the molecule is Cc1cc(C)cc(OCCC(=O)NC(C)CCC(=O)O)c1. The number of benzene rings is 1. The van der Waals surface area contributed by atoms with Crippen LogP contribution in [0.1, 0.15) is 37.3 Å². The fourth-order valence-corrected chi connectivity index (χ4v) is 2.04. The van der Waals surface area contributed by atoms with Crippen molar-refractivity contribution in [3.8, 4) is 5.75 Å². The van der Waals surface area contributed by atoms with Gasteiger partial charge in [0.2, 0.25) is 5.91 Å². The maximum absolute atomic E-state index is 11.7. The van der Waals surface area contributed by atoms with Crippen molar-refractivity contribution >= 4 is 11.9 Å². The van der Waals surface area contributed by atoms with Gasteiger partial charge in [-0.3, -0.25) is 9.59 Å². The first-order valence-electron chi connectivity index (χ1n) is 7.09. The first-order chi connectivity index (χ1) is 9.86. The molecular formula is C16H23NO4. The zero-order chi connectivity index (χ0) is 15.8. The zero-order valence-corrected chi connectivity index (χ0v) is 12.8. The fourth-order valence-electron chi connectivity index (χ4n) is 2.04. The summed E-state index contributed by atoms with van der Waals surface area (Å²) in [5.74, 6) is -0.217. The van der Waals surface area contributed by atoms with Crippen molar-refractivity contribution < 1.29 is 19.4 Å². The molecule has 0 radical (unpaired) electrons. The molecule has 0 aliphatic rings. The molecule has 0 bridgehead atoms. The van der Waals surface area contributed by atoms with Crippen LogP contribution in [0.15, 0.2) is 18.2 Å². The number of hydrogen-bond donors (Lipinski definition) is 2. The number of carboxylic acids is 1. The van der Waals surface area contributed by atoms with E-state index in [1.807, 2.05) is 26.0 Å². The molecule has 116 valence electrons. The topological polar surface area (TPSA) is 75.6 Å². The van der Waals surface area contributed by atoms with E-state index in [0.717, 1.165) is 16.9 Å². The molecule has 1 aromatic carbocycles. The summed E-state index contributed by atoms with van der Waals surface area (Å²) < 4.78 is 5.56. The molecule has 0 aromatic heterocycles. The molecule has 2 N–H and O–H groups in total. The maximum Gasteiger partial charge on any atom is 0.303 e. The number of aliphatic carboxylic acids is 1. The summed E-state index contributed by atoms with van der Waals surface area (Å²) in [6.07, 6.45) is 0.740. The highest BCUT2D eigenvalue weighted by Crippen LogP contribution is 2.16. The molecule has 21 heavy (non-hydrogen) atoms. The normalized spacial score (nSPS) is 11.8. The largest absolute Gasteiger partial charge is 0.493 e. The summed E-state index contributed by atoms with van der Waals surface area (Å²) in [6.45, 7) is 6.10. The Hall–Kier alpha value is -2.04. The van der Waals surface area contributed by atoms with E-state index >= 15 is 0 Å². The predicted octanol–water partition coefficient (Wildman–Crippen LogP) is 2.44. The number of carboxylic acid groups (broad SMARTS) is 1. The highest BCUT2D eigenvalue weighted by Gasteiger charge is 2.09. The number of carbonyl (C=O) groups is 2. The summed E-state index contributed by atoms with van der Waals surface area (Å²) in [5, 5.41) is 11.3. The molecule has 0 aliphatic heterocycles. The summed E-state index contributed by atoms with van der Waals surface area (Å²) >= 11 is 0. The highest BCUT2D eigenvalue weighted by atomic mass is 16.5. The van der Waals surface area contributed by atoms with Crippen LogP contribution in [-0.4, -0.2) is 29.6 Å². The lowest BCUT2D eigenvalue weighted by Crippen LogP contribution is -2.33. The van der Waals surface area contributed by atoms with E-state index in [1.165, 1.54) is 0 Å². The van der Waals surface area contributed by atoms with Crippen molar-refractivity contribution in [2.75, 3.05) is 6.61 Å². The Kier molecular flexibility index (Phi) is 6.72. The van der Waals surface area contributed by atoms with Gasteiger partial charge in [-0.05, 0) is 50.5 Å². The van der Waals surface area contributed by atoms with Gasteiger partial charge in [0.15, 0.2) is 0 Å². The molecule has 1 unspecified atom stereocenters. The maximum atomic E-state index is 11.7. The number of carbonyl (C=O) groups excluding carboxylic acids is 1. The number of nitrogens with one attached hydrogen (secondary N) is 1. The zero-order valence-electron chi connectivity index (χ0n) is 12.8. The van der Waals surface area contributed by atoms with Crippen LogP contribution >= 0.6 is 0 Å². The molecular weight excluding hydrogens is 270 g/mol. The molecule has 1 atom stereocenters. The minimum Gasteiger partial charge on any atom is -0.493 e. The first-order valence-corrected chi connectivity index (χ1v) is 7.09. The van der Waals surface area contributed by atoms with E-state index in [0.29, 0.717) is 13.0 Å². The van der Waals surface area contributed by atoms with Gasteiger partial charge >= 0.3 is 5.97 Å². The quantitative estimate of drug-likeness (QED) is 0.772. The van der Waals surface area contributed by atoms with Gasteiger partial charge in [-0.2, -0.15) is 0 Å². The van der Waals surface area contributed by atoms with E-state index < -0.39 is 5.97 Å². The third kappa shape index (κ3) is 7.34. The minimum absolute atomic E-state index is 0.0561. The summed E-state index contributed by atoms with van der Waals surface area (Å²) in [5.41, 5.74) is 2.24. The van der Waals surface area contributed by atoms with Crippen LogP contribution in [0.5, 0.6) is 5.75 Å². The molecule has 0 spiro atoms. The second-order valence-corrected chi connectivity index (χ2v) is 5.32. The number of ether oxygens (including phenoxy) is 1. The van der Waals surface area contributed by atoms with Crippen molar-refractivity contribution in [2.24, 2.45) is 0 Å². The number of hydrogen-bond acceptors (Lipinski definition) is 3. The Labute approximate surface area is 125 Å². The third-order valence-corrected chi connectivity index (χ3v) is 2.99. The second kappa shape index (κ2) is 8.29. The third-order valence-electron chi connectivity index (χ3n) is 2.99. The van der Waals surface area contributed by atoms with E-state index in [9.17, 15) is 9.59 Å². The standard InChI is InChI=1S/C16H23NO4/c1-11-8-12(2)10-14(9-11)21-7-6-15(18)17-13(3)4-5-16(19)20/h8-10,13H,4-7H2,1-3H3,(H,17,18)(H,19,20). The summed E-state index contributed by atoms with van der Waals surface area (Å²) in [7, 11) is 0. The van der Waals surface area contributed by atoms with Gasteiger partial charge in [-0.15, -0.1) is 0 Å². The minimum atomic E-state index is -0.853. The molecule has 0 heterocycles. The molecule has 5 heteroatoms. The molecule has 0 fully saturated rings. The van der Waals surface area contributed by atoms with Crippen LogP contribution in [-0.2, 0) is 9.59 Å². The lowest BCUT2D eigenvalue weighted by molar-refractivity contribution is -0.137. The Morgan fingerprint density at radius 3 is 2.38 bits per heavy atom. The number of amides is 1. The Morgan fingerprint density at radius 2 is 1.81 bits per heavy atom. The van der Waals surface area contributed by atoms with Gasteiger partial charge < -0.3 is 15.2 Å². The molecule has 0 saturated heterocycles. The van der Waals surface area contributed by atoms with Gasteiger partial charge in [0.1, 0.15) is 5.75 Å². The van der Waals surface area contributed by atoms with Crippen LogP contribution in [0, 0.1) is 13.8 Å². The van der Waals surface area contributed by atoms with Gasteiger partial charge in [0.05, 0.1) is 13.0 Å². The molecule has 0 aliphatic carbocycles. The van der Waals surface area contributed by atoms with Crippen molar-refractivity contribution in [1.82, 2.24) is 5.32 Å². The lowest BCUT2D eigenvalue weighted by atomic mass is 10.1. The average Bonchev–Trinajstić information content (AvgIpc) is 2.35. The number of aryl methyl sites for hydroxylation is 2. The van der Waals surface area contributed by atoms with Gasteiger partial charge in [0, 0.05) is 12.5 Å². The van der Waals surface area contributed by atoms with E-state index in [1.54, 1.807) is 6.92 Å². The molecule has 1 rings (SSSR count). The molecule has 5 nitrogen and oxygen atoms in total. The van der Waals surface area contributed by atoms with Crippen molar-refractivity contribution in [2.45, 2.75) is 46.1 Å². The first kappa shape index (κ1) is 17.0. The lowest BCUT2D eigenvalue weighted by Gasteiger charge is -2.13. The van der Waals surface area contributed by atoms with Crippen LogP contribution < -0.4 is 10.1 Å². The van der Waals surface area contributed by atoms with Gasteiger partial charge in [0.25, 0.3) is 0 Å².